The SMILES string of the molecule is CCC(=O)/C=C/c1[nH]c2ccccc2c1CC. The van der Waals surface area contributed by atoms with Crippen molar-refractivity contribution < 1.29 is 4.79 Å². The van der Waals surface area contributed by atoms with Crippen LogP contribution in [0.2, 0.25) is 0 Å². The van der Waals surface area contributed by atoms with E-state index in [1.54, 1.807) is 6.08 Å². The molecular weight excluding hydrogens is 210 g/mol. The van der Waals surface area contributed by atoms with Gasteiger partial charge in [-0.1, -0.05) is 32.0 Å². The Kier molecular flexibility index (Phi) is 3.43. The summed E-state index contributed by atoms with van der Waals surface area (Å²) in [4.78, 5) is 14.7. The maximum absolute atomic E-state index is 11.3. The number of carbonyl (C=O) groups excluding carboxylic acids is 1. The highest BCUT2D eigenvalue weighted by atomic mass is 16.1. The molecule has 2 nitrogen and oxygen atoms in total. The molecule has 2 aromatic rings. The fourth-order valence-electron chi connectivity index (χ4n) is 2.04. The van der Waals surface area contributed by atoms with E-state index >= 15 is 0 Å². The van der Waals surface area contributed by atoms with Gasteiger partial charge < -0.3 is 4.98 Å². The van der Waals surface area contributed by atoms with Crippen molar-refractivity contribution >= 4 is 22.8 Å². The summed E-state index contributed by atoms with van der Waals surface area (Å²) in [6.45, 7) is 4.01. The minimum absolute atomic E-state index is 0.158. The Labute approximate surface area is 101 Å². The number of hydrogen-bond acceptors (Lipinski definition) is 1. The van der Waals surface area contributed by atoms with Gasteiger partial charge in [0.1, 0.15) is 0 Å². The Morgan fingerprint density at radius 2 is 2.06 bits per heavy atom. The second kappa shape index (κ2) is 5.00. The van der Waals surface area contributed by atoms with E-state index in [0.717, 1.165) is 17.6 Å². The lowest BCUT2D eigenvalue weighted by Crippen LogP contribution is -1.88. The van der Waals surface area contributed by atoms with E-state index in [9.17, 15) is 4.79 Å². The average molecular weight is 227 g/mol. The van der Waals surface area contributed by atoms with Crippen LogP contribution in [0.25, 0.3) is 17.0 Å². The molecular formula is C15H17NO. The van der Waals surface area contributed by atoms with Crippen LogP contribution in [0, 0.1) is 0 Å². The quantitative estimate of drug-likeness (QED) is 0.793. The van der Waals surface area contributed by atoms with Crippen molar-refractivity contribution in [3.63, 3.8) is 0 Å². The average Bonchev–Trinajstić information content (AvgIpc) is 2.73. The molecule has 0 amide bonds. The first-order valence-corrected chi connectivity index (χ1v) is 6.06. The van der Waals surface area contributed by atoms with Crippen molar-refractivity contribution in [1.29, 1.82) is 0 Å². The van der Waals surface area contributed by atoms with E-state index in [1.165, 1.54) is 10.9 Å². The van der Waals surface area contributed by atoms with Crippen LogP contribution >= 0.6 is 0 Å². The summed E-state index contributed by atoms with van der Waals surface area (Å²) in [5, 5.41) is 1.25. The molecule has 0 atom stereocenters. The number of H-pyrrole nitrogens is 1. The maximum Gasteiger partial charge on any atom is 0.155 e. The molecule has 0 fully saturated rings. The van der Waals surface area contributed by atoms with E-state index in [0.29, 0.717) is 6.42 Å². The van der Waals surface area contributed by atoms with Crippen LogP contribution in [0.3, 0.4) is 0 Å². The first-order valence-electron chi connectivity index (χ1n) is 6.06. The fraction of sp³-hybridized carbons (Fsp3) is 0.267. The van der Waals surface area contributed by atoms with Gasteiger partial charge in [-0.15, -0.1) is 0 Å². The molecule has 0 radical (unpaired) electrons. The van der Waals surface area contributed by atoms with Gasteiger partial charge in [0.2, 0.25) is 0 Å². The number of nitrogens with one attached hydrogen (secondary N) is 1. The van der Waals surface area contributed by atoms with Crippen molar-refractivity contribution in [3.8, 4) is 0 Å². The van der Waals surface area contributed by atoms with Crippen LogP contribution in [-0.2, 0) is 11.2 Å². The highest BCUT2D eigenvalue weighted by Gasteiger charge is 2.06. The normalized spacial score (nSPS) is 11.4. The number of allylic oxidation sites excluding steroid dienone is 1. The predicted molar refractivity (Wildman–Crippen MR) is 72.0 cm³/mol. The minimum Gasteiger partial charge on any atom is -0.355 e. The Morgan fingerprint density at radius 3 is 2.76 bits per heavy atom. The largest absolute Gasteiger partial charge is 0.355 e. The lowest BCUT2D eigenvalue weighted by atomic mass is 10.1. The zero-order valence-electron chi connectivity index (χ0n) is 10.3. The maximum atomic E-state index is 11.3. The van der Waals surface area contributed by atoms with Gasteiger partial charge in [0, 0.05) is 23.0 Å². The molecule has 0 aliphatic heterocycles. The standard InChI is InChI=1S/C15H17NO/c1-3-11(17)9-10-15-12(4-2)13-7-5-6-8-14(13)16-15/h5-10,16H,3-4H2,1-2H3/b10-9+. The molecule has 17 heavy (non-hydrogen) atoms. The molecule has 1 aromatic carbocycles. The Bertz CT molecular complexity index is 563. The summed E-state index contributed by atoms with van der Waals surface area (Å²) in [6.07, 6.45) is 5.07. The van der Waals surface area contributed by atoms with Crippen LogP contribution in [-0.4, -0.2) is 10.8 Å². The molecule has 1 heterocycles. The zero-order valence-corrected chi connectivity index (χ0v) is 10.3. The van der Waals surface area contributed by atoms with E-state index < -0.39 is 0 Å². The molecule has 0 spiro atoms. The summed E-state index contributed by atoms with van der Waals surface area (Å²) >= 11 is 0. The minimum atomic E-state index is 0.158. The third-order valence-corrected chi connectivity index (χ3v) is 2.98. The van der Waals surface area contributed by atoms with Crippen LogP contribution in [0.1, 0.15) is 31.5 Å². The second-order valence-corrected chi connectivity index (χ2v) is 4.07. The van der Waals surface area contributed by atoms with E-state index in [1.807, 2.05) is 25.1 Å². The molecule has 88 valence electrons. The van der Waals surface area contributed by atoms with Crippen molar-refractivity contribution in [2.45, 2.75) is 26.7 Å². The molecule has 1 aromatic heterocycles. The first-order chi connectivity index (χ1) is 8.26. The number of aromatic amines is 1. The third kappa shape index (κ3) is 2.31. The summed E-state index contributed by atoms with van der Waals surface area (Å²) < 4.78 is 0. The molecule has 0 bridgehead atoms. The number of hydrogen-bond donors (Lipinski definition) is 1. The number of benzene rings is 1. The van der Waals surface area contributed by atoms with Gasteiger partial charge in [0.25, 0.3) is 0 Å². The summed E-state index contributed by atoms with van der Waals surface area (Å²) in [5.41, 5.74) is 3.46. The number of para-hydroxylation sites is 1. The zero-order chi connectivity index (χ0) is 12.3. The lowest BCUT2D eigenvalue weighted by molar-refractivity contribution is -0.114. The highest BCUT2D eigenvalue weighted by molar-refractivity contribution is 5.95. The first kappa shape index (κ1) is 11.6. The van der Waals surface area contributed by atoms with Gasteiger partial charge >= 0.3 is 0 Å². The van der Waals surface area contributed by atoms with Gasteiger partial charge in [0.15, 0.2) is 5.78 Å². The van der Waals surface area contributed by atoms with E-state index in [2.05, 4.69) is 24.0 Å². The van der Waals surface area contributed by atoms with E-state index in [-0.39, 0.29) is 5.78 Å². The van der Waals surface area contributed by atoms with Gasteiger partial charge in [-0.2, -0.15) is 0 Å². The van der Waals surface area contributed by atoms with Gasteiger partial charge in [0.05, 0.1) is 0 Å². The lowest BCUT2D eigenvalue weighted by Gasteiger charge is -1.95. The Hall–Kier alpha value is -1.83. The van der Waals surface area contributed by atoms with Gasteiger partial charge in [-0.3, -0.25) is 4.79 Å². The van der Waals surface area contributed by atoms with Gasteiger partial charge in [-0.05, 0) is 30.2 Å². The molecule has 0 aliphatic carbocycles. The third-order valence-electron chi connectivity index (χ3n) is 2.98. The molecule has 0 saturated carbocycles. The number of aryl methyl sites for hydroxylation is 1. The van der Waals surface area contributed by atoms with Crippen LogP contribution in [0.4, 0.5) is 0 Å². The predicted octanol–water partition coefficient (Wildman–Crippen LogP) is 3.72. The molecule has 1 N–H and O–H groups in total. The van der Waals surface area contributed by atoms with Crippen molar-refractivity contribution in [2.24, 2.45) is 0 Å². The fourth-order valence-corrected chi connectivity index (χ4v) is 2.04. The smallest absolute Gasteiger partial charge is 0.155 e. The number of carbonyl (C=O) groups is 1. The molecule has 0 saturated heterocycles. The summed E-state index contributed by atoms with van der Waals surface area (Å²) in [6, 6.07) is 8.24. The monoisotopic (exact) mass is 227 g/mol. The van der Waals surface area contributed by atoms with Crippen molar-refractivity contribution in [3.05, 3.63) is 41.6 Å². The number of ketones is 1. The Balaban J connectivity index is 2.46. The topological polar surface area (TPSA) is 32.9 Å². The van der Waals surface area contributed by atoms with Crippen LogP contribution < -0.4 is 0 Å². The van der Waals surface area contributed by atoms with E-state index in [4.69, 9.17) is 0 Å². The summed E-state index contributed by atoms with van der Waals surface area (Å²) in [7, 11) is 0. The second-order valence-electron chi connectivity index (χ2n) is 4.07. The van der Waals surface area contributed by atoms with Crippen molar-refractivity contribution in [2.75, 3.05) is 0 Å². The highest BCUT2D eigenvalue weighted by Crippen LogP contribution is 2.23. The number of aromatic nitrogens is 1. The molecule has 0 unspecified atom stereocenters. The van der Waals surface area contributed by atoms with Crippen LogP contribution in [0.15, 0.2) is 30.3 Å². The molecule has 2 rings (SSSR count). The van der Waals surface area contributed by atoms with Gasteiger partial charge in [-0.25, -0.2) is 0 Å². The number of rotatable bonds is 4. The number of fused-ring (bicyclic) bond motifs is 1. The molecule has 2 heteroatoms. The van der Waals surface area contributed by atoms with Crippen molar-refractivity contribution in [1.82, 2.24) is 4.98 Å². The Morgan fingerprint density at radius 1 is 1.29 bits per heavy atom. The van der Waals surface area contributed by atoms with Crippen LogP contribution in [0.5, 0.6) is 0 Å². The summed E-state index contributed by atoms with van der Waals surface area (Å²) in [5.74, 6) is 0.158. The molecule has 0 aliphatic rings.